The second kappa shape index (κ2) is 8.79. The number of urea groups is 1. The van der Waals surface area contributed by atoms with Crippen LogP contribution in [-0.4, -0.2) is 54.9 Å². The molecular weight excluding hydrogens is 260 g/mol. The molecule has 0 aromatic heterocycles. The third-order valence-electron chi connectivity index (χ3n) is 3.89. The molecule has 2 amide bonds. The maximum absolute atomic E-state index is 12.1. The predicted molar refractivity (Wildman–Crippen MR) is 75.7 cm³/mol. The largest absolute Gasteiger partial charge is 0.480 e. The van der Waals surface area contributed by atoms with E-state index in [0.717, 1.165) is 25.7 Å². The van der Waals surface area contributed by atoms with Crippen LogP contribution < -0.4 is 5.32 Å². The summed E-state index contributed by atoms with van der Waals surface area (Å²) in [6, 6.07) is -0.947. The van der Waals surface area contributed by atoms with Crippen molar-refractivity contribution in [2.24, 2.45) is 5.92 Å². The van der Waals surface area contributed by atoms with Crippen LogP contribution in [0, 0.1) is 5.92 Å². The van der Waals surface area contributed by atoms with Gasteiger partial charge in [-0.3, -0.25) is 0 Å². The van der Waals surface area contributed by atoms with Crippen LogP contribution in [0.3, 0.4) is 0 Å². The number of rotatable bonds is 7. The van der Waals surface area contributed by atoms with Gasteiger partial charge in [-0.25, -0.2) is 9.59 Å². The van der Waals surface area contributed by atoms with Crippen molar-refractivity contribution in [2.45, 2.75) is 45.1 Å². The number of unbranched alkanes of at least 4 members (excludes halogenated alkanes) is 1. The lowest BCUT2D eigenvalue weighted by Crippen LogP contribution is -2.53. The molecule has 0 aromatic rings. The van der Waals surface area contributed by atoms with E-state index >= 15 is 0 Å². The molecule has 2 atom stereocenters. The fourth-order valence-electron chi connectivity index (χ4n) is 2.55. The summed E-state index contributed by atoms with van der Waals surface area (Å²) in [6.45, 7) is 3.83. The van der Waals surface area contributed by atoms with Gasteiger partial charge in [0.25, 0.3) is 0 Å². The number of carboxylic acids is 1. The molecular formula is C14H26N2O4. The monoisotopic (exact) mass is 286 g/mol. The van der Waals surface area contributed by atoms with Crippen LogP contribution >= 0.6 is 0 Å². The number of carboxylic acid groups (broad SMARTS) is 1. The molecule has 0 bridgehead atoms. The van der Waals surface area contributed by atoms with Crippen molar-refractivity contribution in [3.63, 3.8) is 0 Å². The van der Waals surface area contributed by atoms with Crippen LogP contribution in [0.15, 0.2) is 0 Å². The van der Waals surface area contributed by atoms with E-state index in [-0.39, 0.29) is 6.03 Å². The summed E-state index contributed by atoms with van der Waals surface area (Å²) in [5, 5.41) is 12.1. The van der Waals surface area contributed by atoms with Crippen LogP contribution in [0.5, 0.6) is 0 Å². The molecule has 20 heavy (non-hydrogen) atoms. The van der Waals surface area contributed by atoms with E-state index in [1.807, 2.05) is 0 Å². The molecule has 0 aromatic carbocycles. The predicted octanol–water partition coefficient (Wildman–Crippen LogP) is 1.70. The molecule has 1 aliphatic heterocycles. The number of amides is 2. The molecule has 1 fully saturated rings. The Hall–Kier alpha value is -1.30. The summed E-state index contributed by atoms with van der Waals surface area (Å²) < 4.78 is 4.94. The van der Waals surface area contributed by atoms with Crippen LogP contribution in [0.1, 0.15) is 39.0 Å². The second-order valence-electron chi connectivity index (χ2n) is 5.28. The summed E-state index contributed by atoms with van der Waals surface area (Å²) >= 11 is 0. The lowest BCUT2D eigenvalue weighted by Gasteiger charge is -2.36. The van der Waals surface area contributed by atoms with E-state index < -0.39 is 12.0 Å². The highest BCUT2D eigenvalue weighted by atomic mass is 16.5. The van der Waals surface area contributed by atoms with Crippen LogP contribution in [0.2, 0.25) is 0 Å². The van der Waals surface area contributed by atoms with Gasteiger partial charge in [-0.1, -0.05) is 13.3 Å². The number of nitrogens with zero attached hydrogens (tertiary/aromatic N) is 1. The summed E-state index contributed by atoms with van der Waals surface area (Å²) in [6.07, 6.45) is 4.14. The number of ether oxygens (including phenoxy) is 1. The van der Waals surface area contributed by atoms with Gasteiger partial charge in [0.15, 0.2) is 0 Å². The Bertz CT molecular complexity index is 322. The molecule has 1 heterocycles. The van der Waals surface area contributed by atoms with Crippen molar-refractivity contribution in [3.8, 4) is 0 Å². The van der Waals surface area contributed by atoms with E-state index in [9.17, 15) is 14.7 Å². The molecule has 0 aliphatic carbocycles. The van der Waals surface area contributed by atoms with E-state index in [1.54, 1.807) is 7.11 Å². The Balaban J connectivity index is 2.42. The van der Waals surface area contributed by atoms with Gasteiger partial charge in [0.1, 0.15) is 6.04 Å². The van der Waals surface area contributed by atoms with E-state index in [2.05, 4.69) is 12.2 Å². The topological polar surface area (TPSA) is 78.9 Å². The molecule has 2 N–H and O–H groups in total. The summed E-state index contributed by atoms with van der Waals surface area (Å²) in [7, 11) is 1.65. The number of hydrogen-bond donors (Lipinski definition) is 2. The smallest absolute Gasteiger partial charge is 0.326 e. The lowest BCUT2D eigenvalue weighted by molar-refractivity contribution is -0.144. The quantitative estimate of drug-likeness (QED) is 0.698. The summed E-state index contributed by atoms with van der Waals surface area (Å²) in [5.74, 6) is -0.500. The van der Waals surface area contributed by atoms with Crippen molar-refractivity contribution >= 4 is 12.0 Å². The number of carbonyl (C=O) groups excluding carboxylic acids is 1. The molecule has 1 rings (SSSR count). The molecule has 1 aliphatic rings. The third-order valence-corrected chi connectivity index (χ3v) is 3.89. The van der Waals surface area contributed by atoms with Crippen molar-refractivity contribution in [2.75, 3.05) is 26.8 Å². The Morgan fingerprint density at radius 2 is 2.15 bits per heavy atom. The van der Waals surface area contributed by atoms with Gasteiger partial charge in [0.2, 0.25) is 0 Å². The van der Waals surface area contributed by atoms with Gasteiger partial charge >= 0.3 is 12.0 Å². The third kappa shape index (κ3) is 5.00. The Morgan fingerprint density at radius 3 is 2.75 bits per heavy atom. The molecule has 2 unspecified atom stereocenters. The molecule has 6 nitrogen and oxygen atoms in total. The number of methoxy groups -OCH3 is 1. The molecule has 0 radical (unpaired) electrons. The second-order valence-corrected chi connectivity index (χ2v) is 5.28. The van der Waals surface area contributed by atoms with Crippen molar-refractivity contribution in [1.29, 1.82) is 0 Å². The highest BCUT2D eigenvalue weighted by Crippen LogP contribution is 2.25. The minimum absolute atomic E-state index is 0.260. The summed E-state index contributed by atoms with van der Waals surface area (Å²) in [5.41, 5.74) is 0. The van der Waals surface area contributed by atoms with E-state index in [4.69, 9.17) is 4.74 Å². The number of aliphatic carboxylic acids is 1. The van der Waals surface area contributed by atoms with Gasteiger partial charge < -0.3 is 20.1 Å². The first kappa shape index (κ1) is 16.8. The highest BCUT2D eigenvalue weighted by molar-refractivity contribution is 5.82. The van der Waals surface area contributed by atoms with Gasteiger partial charge in [0, 0.05) is 26.8 Å². The number of nitrogens with one attached hydrogen (secondary N) is 1. The molecule has 0 saturated carbocycles. The van der Waals surface area contributed by atoms with Gasteiger partial charge in [-0.2, -0.15) is 0 Å². The first-order chi connectivity index (χ1) is 9.60. The Morgan fingerprint density at radius 1 is 1.40 bits per heavy atom. The molecule has 0 spiro atoms. The van der Waals surface area contributed by atoms with Gasteiger partial charge in [0.05, 0.1) is 0 Å². The highest BCUT2D eigenvalue weighted by Gasteiger charge is 2.35. The first-order valence-corrected chi connectivity index (χ1v) is 7.36. The Labute approximate surface area is 120 Å². The van der Waals surface area contributed by atoms with E-state index in [0.29, 0.717) is 32.0 Å². The van der Waals surface area contributed by atoms with Gasteiger partial charge in [-0.05, 0) is 31.6 Å². The van der Waals surface area contributed by atoms with E-state index in [1.165, 1.54) is 4.90 Å². The number of hydrogen-bond acceptors (Lipinski definition) is 3. The zero-order chi connectivity index (χ0) is 15.0. The zero-order valence-corrected chi connectivity index (χ0v) is 12.4. The molecule has 6 heteroatoms. The lowest BCUT2D eigenvalue weighted by atomic mass is 9.89. The maximum Gasteiger partial charge on any atom is 0.326 e. The summed E-state index contributed by atoms with van der Waals surface area (Å²) in [4.78, 5) is 24.8. The number of likely N-dealkylation sites (tertiary alicyclic amines) is 1. The van der Waals surface area contributed by atoms with Crippen LogP contribution in [0.4, 0.5) is 4.79 Å². The fraction of sp³-hybridized carbons (Fsp3) is 0.857. The standard InChI is InChI=1S/C14H26N2O4/c1-3-11-6-8-16(12(10-11)13(17)18)14(19)15-7-4-5-9-20-2/h11-12H,3-10H2,1-2H3,(H,15,19)(H,17,18). The van der Waals surface area contributed by atoms with Crippen molar-refractivity contribution in [1.82, 2.24) is 10.2 Å². The normalized spacial score (nSPS) is 22.6. The molecule has 1 saturated heterocycles. The SMILES string of the molecule is CCC1CCN(C(=O)NCCCCOC)C(C(=O)O)C1. The maximum atomic E-state index is 12.1. The zero-order valence-electron chi connectivity index (χ0n) is 12.4. The average Bonchev–Trinajstić information content (AvgIpc) is 2.46. The van der Waals surface area contributed by atoms with Crippen molar-refractivity contribution < 1.29 is 19.4 Å². The average molecular weight is 286 g/mol. The van der Waals surface area contributed by atoms with Crippen LogP contribution in [-0.2, 0) is 9.53 Å². The molecule has 116 valence electrons. The minimum atomic E-state index is -0.905. The minimum Gasteiger partial charge on any atom is -0.480 e. The van der Waals surface area contributed by atoms with Crippen LogP contribution in [0.25, 0.3) is 0 Å². The van der Waals surface area contributed by atoms with Crippen molar-refractivity contribution in [3.05, 3.63) is 0 Å². The first-order valence-electron chi connectivity index (χ1n) is 7.36. The number of piperidine rings is 1. The number of carbonyl (C=O) groups is 2. The Kier molecular flexibility index (Phi) is 7.36. The fourth-order valence-corrected chi connectivity index (χ4v) is 2.55. The van der Waals surface area contributed by atoms with Gasteiger partial charge in [-0.15, -0.1) is 0 Å².